The van der Waals surface area contributed by atoms with Gasteiger partial charge in [-0.1, -0.05) is 30.3 Å². The molecule has 0 atom stereocenters. The Balaban J connectivity index is 1.56. The molecular formula is C31H24N6O7. The normalized spacial score (nSPS) is 11.1. The number of aromatic nitrogens is 6. The van der Waals surface area contributed by atoms with Crippen LogP contribution in [0.2, 0.25) is 0 Å². The highest BCUT2D eigenvalue weighted by Crippen LogP contribution is 2.29. The van der Waals surface area contributed by atoms with E-state index in [1.165, 1.54) is 22.8 Å². The molecule has 2 N–H and O–H groups in total. The van der Waals surface area contributed by atoms with Crippen molar-refractivity contribution >= 4 is 23.1 Å². The summed E-state index contributed by atoms with van der Waals surface area (Å²) in [6.45, 7) is 0.482. The fourth-order valence-corrected chi connectivity index (χ4v) is 4.86. The summed E-state index contributed by atoms with van der Waals surface area (Å²) in [4.78, 5) is 55.2. The Morgan fingerprint density at radius 1 is 0.773 bits per heavy atom. The van der Waals surface area contributed by atoms with Crippen LogP contribution >= 0.6 is 0 Å². The summed E-state index contributed by atoms with van der Waals surface area (Å²) in [6.07, 6.45) is 1.58. The number of fused-ring (bicyclic) bond motifs is 3. The molecule has 0 aliphatic carbocycles. The van der Waals surface area contributed by atoms with E-state index < -0.39 is 23.2 Å². The van der Waals surface area contributed by atoms with Crippen molar-refractivity contribution in [2.24, 2.45) is 0 Å². The number of carboxylic acid groups (broad SMARTS) is 2. The lowest BCUT2D eigenvalue weighted by molar-refractivity contribution is 0.0651. The zero-order chi connectivity index (χ0) is 31.0. The van der Waals surface area contributed by atoms with E-state index in [4.69, 9.17) is 19.4 Å². The number of hydrogen-bond donors (Lipinski definition) is 2. The Kier molecular flexibility index (Phi) is 7.19. The molecule has 3 aromatic carbocycles. The molecule has 3 heterocycles. The first-order valence-corrected chi connectivity index (χ1v) is 13.3. The second kappa shape index (κ2) is 11.3. The van der Waals surface area contributed by atoms with Gasteiger partial charge in [0, 0.05) is 5.56 Å². The molecule has 4 aromatic rings. The van der Waals surface area contributed by atoms with Crippen LogP contribution in [0.25, 0.3) is 34.1 Å². The van der Waals surface area contributed by atoms with Crippen molar-refractivity contribution in [3.05, 3.63) is 106 Å². The Bertz CT molecular complexity index is 2070. The molecule has 0 saturated carbocycles. The van der Waals surface area contributed by atoms with E-state index in [0.29, 0.717) is 29.2 Å². The number of benzene rings is 3. The lowest BCUT2D eigenvalue weighted by atomic mass is 10.0. The van der Waals surface area contributed by atoms with Gasteiger partial charge in [-0.2, -0.15) is 4.98 Å². The topological polar surface area (TPSA) is 172 Å². The van der Waals surface area contributed by atoms with Crippen LogP contribution in [0.15, 0.2) is 77.9 Å². The van der Waals surface area contributed by atoms with Crippen LogP contribution in [-0.4, -0.2) is 65.4 Å². The van der Waals surface area contributed by atoms with Gasteiger partial charge in [0.05, 0.1) is 44.8 Å². The SMILES string of the molecule is COc1ccc(Cn2c3nc(-c4ccc(C(=O)O)c(C(=O)O)c4)nc4c(ncn4Cc4ccc(OC)cc4)c-3nc2=O)cc1. The highest BCUT2D eigenvalue weighted by molar-refractivity contribution is 6.02. The summed E-state index contributed by atoms with van der Waals surface area (Å²) in [5.41, 5.74) is 1.43. The molecule has 220 valence electrons. The van der Waals surface area contributed by atoms with Crippen LogP contribution in [0.5, 0.6) is 11.5 Å². The van der Waals surface area contributed by atoms with E-state index in [9.17, 15) is 24.6 Å². The number of carboxylic acids is 2. The molecule has 0 bridgehead atoms. The molecule has 2 aliphatic heterocycles. The highest BCUT2D eigenvalue weighted by Gasteiger charge is 2.25. The molecule has 0 radical (unpaired) electrons. The molecule has 1 aromatic heterocycles. The van der Waals surface area contributed by atoms with Crippen molar-refractivity contribution in [2.45, 2.75) is 13.1 Å². The molecule has 0 saturated heterocycles. The monoisotopic (exact) mass is 592 g/mol. The van der Waals surface area contributed by atoms with E-state index in [1.54, 1.807) is 37.2 Å². The quantitative estimate of drug-likeness (QED) is 0.251. The Morgan fingerprint density at radius 2 is 1.39 bits per heavy atom. The fourth-order valence-electron chi connectivity index (χ4n) is 4.86. The van der Waals surface area contributed by atoms with Crippen LogP contribution in [0, 0.1) is 0 Å². The standard InChI is InChI=1S/C31H24N6O7/c1-43-20-8-3-17(4-9-20)14-36-16-32-24-25-28(37(31(42)33-25)15-18-5-10-21(44-2)11-6-18)35-26(34-27(24)36)19-7-12-22(29(38)39)23(13-19)30(40)41/h3-13,16H,14-15H2,1-2H3,(H,38,39)(H,40,41). The lowest BCUT2D eigenvalue weighted by Gasteiger charge is -2.07. The molecule has 0 spiro atoms. The van der Waals surface area contributed by atoms with Crippen molar-refractivity contribution in [3.8, 4) is 34.4 Å². The van der Waals surface area contributed by atoms with Gasteiger partial charge in [-0.15, -0.1) is 0 Å². The van der Waals surface area contributed by atoms with E-state index in [0.717, 1.165) is 11.1 Å². The largest absolute Gasteiger partial charge is 0.497 e. The summed E-state index contributed by atoms with van der Waals surface area (Å²) in [5.74, 6) is -1.22. The third-order valence-electron chi connectivity index (χ3n) is 7.11. The zero-order valence-electron chi connectivity index (χ0n) is 23.5. The van der Waals surface area contributed by atoms with Gasteiger partial charge in [0.25, 0.3) is 0 Å². The smallest absolute Gasteiger partial charge is 0.350 e. The number of hydrogen-bond acceptors (Lipinski definition) is 9. The van der Waals surface area contributed by atoms with Crippen LogP contribution in [0.3, 0.4) is 0 Å². The minimum Gasteiger partial charge on any atom is -0.497 e. The van der Waals surface area contributed by atoms with Crippen LogP contribution < -0.4 is 15.2 Å². The van der Waals surface area contributed by atoms with Gasteiger partial charge < -0.3 is 24.3 Å². The number of aromatic carboxylic acids is 2. The van der Waals surface area contributed by atoms with Gasteiger partial charge >= 0.3 is 17.6 Å². The summed E-state index contributed by atoms with van der Waals surface area (Å²) >= 11 is 0. The van der Waals surface area contributed by atoms with Crippen molar-refractivity contribution in [1.29, 1.82) is 0 Å². The Morgan fingerprint density at radius 3 is 1.98 bits per heavy atom. The number of carbonyl (C=O) groups is 2. The van der Waals surface area contributed by atoms with Gasteiger partial charge in [0.1, 0.15) is 22.7 Å². The average molecular weight is 593 g/mol. The van der Waals surface area contributed by atoms with Crippen LogP contribution in [0.1, 0.15) is 31.8 Å². The summed E-state index contributed by atoms with van der Waals surface area (Å²) in [7, 11) is 3.14. The van der Waals surface area contributed by atoms with Gasteiger partial charge in [-0.25, -0.2) is 29.3 Å². The molecule has 0 unspecified atom stereocenters. The number of ether oxygens (including phenoxy) is 2. The lowest BCUT2D eigenvalue weighted by Crippen LogP contribution is -2.18. The predicted molar refractivity (Wildman–Crippen MR) is 158 cm³/mol. The maximum atomic E-state index is 13.3. The third kappa shape index (κ3) is 5.17. The molecule has 13 nitrogen and oxygen atoms in total. The number of rotatable bonds is 9. The molecule has 13 heteroatoms. The van der Waals surface area contributed by atoms with Gasteiger partial charge in [-0.3, -0.25) is 4.57 Å². The maximum Gasteiger partial charge on any atom is 0.350 e. The van der Waals surface area contributed by atoms with Crippen molar-refractivity contribution in [2.75, 3.05) is 14.2 Å². The van der Waals surface area contributed by atoms with Crippen LogP contribution in [-0.2, 0) is 13.1 Å². The average Bonchev–Trinajstić information content (AvgIpc) is 3.50. The molecular weight excluding hydrogens is 568 g/mol. The van der Waals surface area contributed by atoms with E-state index >= 15 is 0 Å². The zero-order valence-corrected chi connectivity index (χ0v) is 23.5. The van der Waals surface area contributed by atoms with E-state index in [-0.39, 0.29) is 35.0 Å². The molecule has 44 heavy (non-hydrogen) atoms. The summed E-state index contributed by atoms with van der Waals surface area (Å²) in [5, 5.41) is 19.3. The van der Waals surface area contributed by atoms with Crippen molar-refractivity contribution in [3.63, 3.8) is 0 Å². The maximum absolute atomic E-state index is 13.3. The molecule has 2 aliphatic rings. The molecule has 0 fully saturated rings. The molecule has 6 rings (SSSR count). The van der Waals surface area contributed by atoms with Gasteiger partial charge in [0.15, 0.2) is 17.3 Å². The first-order valence-electron chi connectivity index (χ1n) is 13.3. The van der Waals surface area contributed by atoms with Gasteiger partial charge in [0.2, 0.25) is 0 Å². The fraction of sp³-hybridized carbons (Fsp3) is 0.129. The van der Waals surface area contributed by atoms with E-state index in [1.807, 2.05) is 36.4 Å². The second-order valence-corrected chi connectivity index (χ2v) is 9.81. The van der Waals surface area contributed by atoms with Crippen molar-refractivity contribution in [1.82, 2.24) is 29.1 Å². The first-order chi connectivity index (χ1) is 21.2. The summed E-state index contributed by atoms with van der Waals surface area (Å²) < 4.78 is 13.6. The number of imidazole rings is 2. The van der Waals surface area contributed by atoms with E-state index in [2.05, 4.69) is 9.97 Å². The number of nitrogens with zero attached hydrogens (tertiary/aromatic N) is 6. The van der Waals surface area contributed by atoms with Crippen LogP contribution in [0.4, 0.5) is 0 Å². The molecule has 0 amide bonds. The minimum absolute atomic E-state index is 0.0526. The van der Waals surface area contributed by atoms with Gasteiger partial charge in [-0.05, 0) is 47.5 Å². The Hall–Kier alpha value is -6.11. The Labute approximate surface area is 249 Å². The summed E-state index contributed by atoms with van der Waals surface area (Å²) in [6, 6.07) is 18.4. The third-order valence-corrected chi connectivity index (χ3v) is 7.11. The second-order valence-electron chi connectivity index (χ2n) is 9.81. The van der Waals surface area contributed by atoms with Crippen molar-refractivity contribution < 1.29 is 29.3 Å². The number of methoxy groups -OCH3 is 2. The predicted octanol–water partition coefficient (Wildman–Crippen LogP) is 3.67. The minimum atomic E-state index is -1.42. The first kappa shape index (κ1) is 28.0. The highest BCUT2D eigenvalue weighted by atomic mass is 16.5.